The Labute approximate surface area is 155 Å². The third kappa shape index (κ3) is 3.38. The van der Waals surface area contributed by atoms with Crippen LogP contribution in [0.2, 0.25) is 0 Å². The zero-order chi connectivity index (χ0) is 18.1. The van der Waals surface area contributed by atoms with Gasteiger partial charge in [0, 0.05) is 44.0 Å². The molecule has 1 saturated heterocycles. The van der Waals surface area contributed by atoms with Crippen molar-refractivity contribution in [1.29, 1.82) is 0 Å². The van der Waals surface area contributed by atoms with Crippen LogP contribution in [0.15, 0.2) is 6.20 Å². The number of H-pyrrole nitrogens is 1. The number of fused-ring (bicyclic) bond motifs is 1. The van der Waals surface area contributed by atoms with E-state index in [1.165, 1.54) is 28.3 Å². The minimum Gasteiger partial charge on any atom is -0.378 e. The topological polar surface area (TPSA) is 71.0 Å². The van der Waals surface area contributed by atoms with Gasteiger partial charge in [0.25, 0.3) is 0 Å². The van der Waals surface area contributed by atoms with E-state index in [1.807, 2.05) is 6.20 Å². The molecule has 4 rings (SSSR count). The van der Waals surface area contributed by atoms with E-state index in [9.17, 15) is 0 Å². The molecule has 1 unspecified atom stereocenters. The highest BCUT2D eigenvalue weighted by molar-refractivity contribution is 5.51. The molecule has 2 aromatic heterocycles. The van der Waals surface area contributed by atoms with E-state index in [-0.39, 0.29) is 0 Å². The predicted octanol–water partition coefficient (Wildman–Crippen LogP) is 1.75. The number of rotatable bonds is 5. The SMILES string of the molecule is CC(C)c1nn(C)c(N2CCOCC2)c1CNC1CCc2[nH]ncc2C1. The fourth-order valence-corrected chi connectivity index (χ4v) is 4.22. The van der Waals surface area contributed by atoms with Crippen LogP contribution < -0.4 is 10.2 Å². The third-order valence-corrected chi connectivity index (χ3v) is 5.58. The molecule has 0 saturated carbocycles. The zero-order valence-electron chi connectivity index (χ0n) is 16.1. The number of aromatic nitrogens is 4. The van der Waals surface area contributed by atoms with Crippen molar-refractivity contribution in [1.82, 2.24) is 25.3 Å². The summed E-state index contributed by atoms with van der Waals surface area (Å²) in [5.41, 5.74) is 5.22. The van der Waals surface area contributed by atoms with E-state index in [4.69, 9.17) is 9.84 Å². The molecule has 1 atom stereocenters. The summed E-state index contributed by atoms with van der Waals surface area (Å²) in [5.74, 6) is 1.67. The molecule has 0 amide bonds. The largest absolute Gasteiger partial charge is 0.378 e. The van der Waals surface area contributed by atoms with E-state index >= 15 is 0 Å². The Morgan fingerprint density at radius 1 is 1.35 bits per heavy atom. The number of hydrogen-bond acceptors (Lipinski definition) is 5. The van der Waals surface area contributed by atoms with E-state index < -0.39 is 0 Å². The molecule has 1 fully saturated rings. The van der Waals surface area contributed by atoms with Gasteiger partial charge in [0.05, 0.1) is 25.1 Å². The van der Waals surface area contributed by atoms with Gasteiger partial charge in [-0.2, -0.15) is 10.2 Å². The van der Waals surface area contributed by atoms with Crippen molar-refractivity contribution in [3.8, 4) is 0 Å². The Balaban J connectivity index is 1.53. The highest BCUT2D eigenvalue weighted by Gasteiger charge is 2.26. The lowest BCUT2D eigenvalue weighted by molar-refractivity contribution is 0.122. The second-order valence-electron chi connectivity index (χ2n) is 7.76. The normalized spacial score (nSPS) is 20.6. The molecule has 7 heteroatoms. The molecule has 1 aliphatic carbocycles. The summed E-state index contributed by atoms with van der Waals surface area (Å²) in [6, 6.07) is 0.498. The van der Waals surface area contributed by atoms with Gasteiger partial charge in [-0.05, 0) is 30.7 Å². The van der Waals surface area contributed by atoms with Crippen LogP contribution in [0.25, 0.3) is 0 Å². The van der Waals surface area contributed by atoms with E-state index in [1.54, 1.807) is 0 Å². The van der Waals surface area contributed by atoms with Crippen molar-refractivity contribution in [2.24, 2.45) is 7.05 Å². The number of ether oxygens (including phenoxy) is 1. The third-order valence-electron chi connectivity index (χ3n) is 5.58. The number of nitrogens with one attached hydrogen (secondary N) is 2. The van der Waals surface area contributed by atoms with Gasteiger partial charge in [-0.15, -0.1) is 0 Å². The monoisotopic (exact) mass is 358 g/mol. The first kappa shape index (κ1) is 17.5. The number of hydrogen-bond donors (Lipinski definition) is 2. The van der Waals surface area contributed by atoms with Crippen LogP contribution in [0.3, 0.4) is 0 Å². The predicted molar refractivity (Wildman–Crippen MR) is 102 cm³/mol. The van der Waals surface area contributed by atoms with Gasteiger partial charge in [-0.1, -0.05) is 13.8 Å². The van der Waals surface area contributed by atoms with E-state index in [2.05, 4.69) is 46.0 Å². The second-order valence-corrected chi connectivity index (χ2v) is 7.76. The molecular formula is C19H30N6O. The van der Waals surface area contributed by atoms with Gasteiger partial charge < -0.3 is 15.0 Å². The van der Waals surface area contributed by atoms with Crippen LogP contribution in [-0.2, 0) is 31.2 Å². The molecule has 0 spiro atoms. The fourth-order valence-electron chi connectivity index (χ4n) is 4.22. The summed E-state index contributed by atoms with van der Waals surface area (Å²) in [6.45, 7) is 8.78. The van der Waals surface area contributed by atoms with Crippen molar-refractivity contribution < 1.29 is 4.74 Å². The van der Waals surface area contributed by atoms with Crippen molar-refractivity contribution in [3.63, 3.8) is 0 Å². The Hall–Kier alpha value is -1.86. The van der Waals surface area contributed by atoms with Crippen LogP contribution in [-0.4, -0.2) is 52.3 Å². The molecule has 1 aliphatic heterocycles. The molecule has 2 aromatic rings. The van der Waals surface area contributed by atoms with Crippen molar-refractivity contribution >= 4 is 5.82 Å². The van der Waals surface area contributed by atoms with Crippen molar-refractivity contribution in [2.45, 2.75) is 51.6 Å². The average Bonchev–Trinajstić information content (AvgIpc) is 3.24. The number of anilines is 1. The van der Waals surface area contributed by atoms with Crippen LogP contribution in [0.5, 0.6) is 0 Å². The number of aromatic amines is 1. The molecule has 3 heterocycles. The average molecular weight is 358 g/mol. The molecule has 0 aromatic carbocycles. The Kier molecular flexibility index (Phi) is 5.00. The number of nitrogens with zero attached hydrogens (tertiary/aromatic N) is 4. The minimum absolute atomic E-state index is 0.416. The van der Waals surface area contributed by atoms with Gasteiger partial charge in [-0.25, -0.2) is 0 Å². The number of morpholine rings is 1. The van der Waals surface area contributed by atoms with Crippen molar-refractivity contribution in [2.75, 3.05) is 31.2 Å². The Bertz CT molecular complexity index is 743. The molecule has 26 heavy (non-hydrogen) atoms. The van der Waals surface area contributed by atoms with E-state index in [0.29, 0.717) is 12.0 Å². The first-order chi connectivity index (χ1) is 12.6. The standard InChI is InChI=1S/C19H30N6O/c1-13(2)18-16(19(24(3)23-18)25-6-8-26-9-7-25)12-20-15-4-5-17-14(10-15)11-21-22-17/h11,13,15,20H,4-10,12H2,1-3H3,(H,21,22). The van der Waals surface area contributed by atoms with E-state index in [0.717, 1.165) is 52.1 Å². The summed E-state index contributed by atoms with van der Waals surface area (Å²) in [4.78, 5) is 2.43. The highest BCUT2D eigenvalue weighted by atomic mass is 16.5. The van der Waals surface area contributed by atoms with Crippen LogP contribution in [0, 0.1) is 0 Å². The van der Waals surface area contributed by atoms with Crippen LogP contribution >= 0.6 is 0 Å². The quantitative estimate of drug-likeness (QED) is 0.852. The van der Waals surface area contributed by atoms with Gasteiger partial charge in [0.1, 0.15) is 5.82 Å². The maximum Gasteiger partial charge on any atom is 0.131 e. The van der Waals surface area contributed by atoms with Crippen LogP contribution in [0.4, 0.5) is 5.82 Å². The number of aryl methyl sites for hydroxylation is 2. The smallest absolute Gasteiger partial charge is 0.131 e. The lowest BCUT2D eigenvalue weighted by Gasteiger charge is -2.30. The maximum absolute atomic E-state index is 5.54. The first-order valence-corrected chi connectivity index (χ1v) is 9.76. The zero-order valence-corrected chi connectivity index (χ0v) is 16.1. The summed E-state index contributed by atoms with van der Waals surface area (Å²) < 4.78 is 7.60. The maximum atomic E-state index is 5.54. The molecule has 0 radical (unpaired) electrons. The van der Waals surface area contributed by atoms with Gasteiger partial charge >= 0.3 is 0 Å². The Morgan fingerprint density at radius 3 is 2.92 bits per heavy atom. The summed E-state index contributed by atoms with van der Waals surface area (Å²) in [7, 11) is 2.07. The molecule has 0 bridgehead atoms. The fraction of sp³-hybridized carbons (Fsp3) is 0.684. The molecular weight excluding hydrogens is 328 g/mol. The lowest BCUT2D eigenvalue weighted by Crippen LogP contribution is -2.39. The minimum atomic E-state index is 0.416. The Morgan fingerprint density at radius 2 is 2.15 bits per heavy atom. The molecule has 7 nitrogen and oxygen atoms in total. The highest BCUT2D eigenvalue weighted by Crippen LogP contribution is 2.29. The molecule has 142 valence electrons. The van der Waals surface area contributed by atoms with Crippen molar-refractivity contribution in [3.05, 3.63) is 28.7 Å². The summed E-state index contributed by atoms with van der Waals surface area (Å²) in [5, 5.41) is 16.0. The van der Waals surface area contributed by atoms with Crippen LogP contribution in [0.1, 0.15) is 48.7 Å². The van der Waals surface area contributed by atoms with Gasteiger partial charge in [0.15, 0.2) is 0 Å². The molecule has 2 N–H and O–H groups in total. The summed E-state index contributed by atoms with van der Waals surface area (Å²) in [6.07, 6.45) is 5.26. The van der Waals surface area contributed by atoms with Gasteiger partial charge in [0.2, 0.25) is 0 Å². The van der Waals surface area contributed by atoms with Gasteiger partial charge in [-0.3, -0.25) is 9.78 Å². The lowest BCUT2D eigenvalue weighted by atomic mass is 9.93. The molecule has 2 aliphatic rings. The first-order valence-electron chi connectivity index (χ1n) is 9.76. The summed E-state index contributed by atoms with van der Waals surface area (Å²) >= 11 is 0. The second kappa shape index (κ2) is 7.40.